The highest BCUT2D eigenvalue weighted by Gasteiger charge is 2.15. The molecule has 0 aliphatic carbocycles. The van der Waals surface area contributed by atoms with E-state index in [0.717, 1.165) is 6.42 Å². The Bertz CT molecular complexity index is 293. The molecule has 0 heterocycles. The Balaban J connectivity index is 3.43. The molecule has 0 radical (unpaired) electrons. The highest BCUT2D eigenvalue weighted by atomic mass is 32.2. The second-order valence-electron chi connectivity index (χ2n) is 5.18. The second kappa shape index (κ2) is 10.8. The third-order valence-electron chi connectivity index (χ3n) is 2.00. The Hall–Kier alpha value is -0.950. The van der Waals surface area contributed by atoms with Crippen molar-refractivity contribution >= 4 is 23.8 Å². The van der Waals surface area contributed by atoms with Crippen molar-refractivity contribution in [3.05, 3.63) is 0 Å². The molecular weight excluding hydrogens is 280 g/mol. The van der Waals surface area contributed by atoms with Crippen molar-refractivity contribution in [3.8, 4) is 0 Å². The van der Waals surface area contributed by atoms with Crippen LogP contribution in [0.15, 0.2) is 0 Å². The first kappa shape index (κ1) is 19.1. The molecule has 7 heteroatoms. The van der Waals surface area contributed by atoms with Crippen LogP contribution in [0.1, 0.15) is 27.2 Å². The lowest BCUT2D eigenvalue weighted by Crippen LogP contribution is -2.34. The second-order valence-corrected chi connectivity index (χ2v) is 6.28. The van der Waals surface area contributed by atoms with E-state index in [2.05, 4.69) is 10.6 Å². The standard InChI is InChI=1S/C13H26N2O4S/c1-13(2,3)19-12(17)15-7-9-20-10-11(16)14-6-5-8-18-4/h5-10H2,1-4H3,(H,14,16)(H,15,17). The Labute approximate surface area is 125 Å². The number of amides is 2. The van der Waals surface area contributed by atoms with E-state index in [4.69, 9.17) is 9.47 Å². The van der Waals surface area contributed by atoms with E-state index in [1.165, 1.54) is 11.8 Å². The van der Waals surface area contributed by atoms with Crippen molar-refractivity contribution in [2.45, 2.75) is 32.8 Å². The van der Waals surface area contributed by atoms with Crippen LogP contribution in [-0.2, 0) is 14.3 Å². The predicted molar refractivity (Wildman–Crippen MR) is 81.1 cm³/mol. The number of hydrogen-bond acceptors (Lipinski definition) is 5. The van der Waals surface area contributed by atoms with Crippen LogP contribution < -0.4 is 10.6 Å². The maximum atomic E-state index is 11.4. The molecule has 0 spiro atoms. The van der Waals surface area contributed by atoms with Crippen LogP contribution in [0, 0.1) is 0 Å². The quantitative estimate of drug-likeness (QED) is 0.630. The lowest BCUT2D eigenvalue weighted by atomic mass is 10.2. The van der Waals surface area contributed by atoms with Gasteiger partial charge >= 0.3 is 6.09 Å². The molecule has 0 atom stereocenters. The highest BCUT2D eigenvalue weighted by molar-refractivity contribution is 7.99. The van der Waals surface area contributed by atoms with Gasteiger partial charge in [0.15, 0.2) is 0 Å². The molecule has 0 aromatic carbocycles. The molecule has 0 unspecified atom stereocenters. The number of thioether (sulfide) groups is 1. The molecule has 0 bridgehead atoms. The normalized spacial score (nSPS) is 11.0. The van der Waals surface area contributed by atoms with Crippen molar-refractivity contribution in [3.63, 3.8) is 0 Å². The largest absolute Gasteiger partial charge is 0.444 e. The molecule has 0 saturated carbocycles. The van der Waals surface area contributed by atoms with E-state index in [1.54, 1.807) is 7.11 Å². The molecule has 0 aromatic rings. The van der Waals surface area contributed by atoms with E-state index in [0.29, 0.717) is 31.2 Å². The highest BCUT2D eigenvalue weighted by Crippen LogP contribution is 2.06. The molecule has 0 aliphatic heterocycles. The fourth-order valence-corrected chi connectivity index (χ4v) is 1.88. The van der Waals surface area contributed by atoms with Gasteiger partial charge in [0.25, 0.3) is 0 Å². The Morgan fingerprint density at radius 1 is 1.15 bits per heavy atom. The average Bonchev–Trinajstić information content (AvgIpc) is 2.32. The summed E-state index contributed by atoms with van der Waals surface area (Å²) in [5.74, 6) is 1.07. The van der Waals surface area contributed by atoms with Gasteiger partial charge in [-0.25, -0.2) is 4.79 Å². The van der Waals surface area contributed by atoms with Gasteiger partial charge in [0.2, 0.25) is 5.91 Å². The van der Waals surface area contributed by atoms with E-state index >= 15 is 0 Å². The fraction of sp³-hybridized carbons (Fsp3) is 0.846. The Morgan fingerprint density at radius 2 is 1.85 bits per heavy atom. The molecule has 20 heavy (non-hydrogen) atoms. The van der Waals surface area contributed by atoms with Crippen LogP contribution >= 0.6 is 11.8 Å². The van der Waals surface area contributed by atoms with Crippen LogP contribution in [0.5, 0.6) is 0 Å². The first-order valence-electron chi connectivity index (χ1n) is 6.65. The minimum absolute atomic E-state index is 0.00312. The van der Waals surface area contributed by atoms with Gasteiger partial charge in [0.05, 0.1) is 5.75 Å². The van der Waals surface area contributed by atoms with Gasteiger partial charge in [-0.05, 0) is 27.2 Å². The lowest BCUT2D eigenvalue weighted by Gasteiger charge is -2.19. The summed E-state index contributed by atoms with van der Waals surface area (Å²) < 4.78 is 9.98. The number of nitrogens with one attached hydrogen (secondary N) is 2. The first-order valence-corrected chi connectivity index (χ1v) is 7.81. The first-order chi connectivity index (χ1) is 9.35. The third kappa shape index (κ3) is 13.5. The Kier molecular flexibility index (Phi) is 10.3. The van der Waals surface area contributed by atoms with Crippen molar-refractivity contribution in [1.82, 2.24) is 10.6 Å². The van der Waals surface area contributed by atoms with Crippen molar-refractivity contribution in [1.29, 1.82) is 0 Å². The van der Waals surface area contributed by atoms with E-state index in [9.17, 15) is 9.59 Å². The molecule has 0 aliphatic rings. The van der Waals surface area contributed by atoms with Gasteiger partial charge in [0.1, 0.15) is 5.60 Å². The van der Waals surface area contributed by atoms with Crippen LogP contribution in [0.25, 0.3) is 0 Å². The summed E-state index contributed by atoms with van der Waals surface area (Å²) in [5, 5.41) is 5.44. The summed E-state index contributed by atoms with van der Waals surface area (Å²) in [4.78, 5) is 22.7. The summed E-state index contributed by atoms with van der Waals surface area (Å²) in [5.41, 5.74) is -0.487. The van der Waals surface area contributed by atoms with Crippen LogP contribution in [0.3, 0.4) is 0 Å². The van der Waals surface area contributed by atoms with Gasteiger partial charge in [-0.2, -0.15) is 11.8 Å². The number of rotatable bonds is 9. The van der Waals surface area contributed by atoms with Crippen molar-refractivity contribution < 1.29 is 19.1 Å². The zero-order valence-electron chi connectivity index (χ0n) is 12.8. The zero-order chi connectivity index (χ0) is 15.4. The Morgan fingerprint density at radius 3 is 2.45 bits per heavy atom. The van der Waals surface area contributed by atoms with E-state index < -0.39 is 11.7 Å². The van der Waals surface area contributed by atoms with Crippen LogP contribution in [0.2, 0.25) is 0 Å². The van der Waals surface area contributed by atoms with Gasteiger partial charge < -0.3 is 20.1 Å². The topological polar surface area (TPSA) is 76.7 Å². The average molecular weight is 306 g/mol. The molecule has 6 nitrogen and oxygen atoms in total. The van der Waals surface area contributed by atoms with Gasteiger partial charge in [0, 0.05) is 32.6 Å². The number of alkyl carbamates (subject to hydrolysis) is 1. The number of methoxy groups -OCH3 is 1. The maximum Gasteiger partial charge on any atom is 0.407 e. The summed E-state index contributed by atoms with van der Waals surface area (Å²) in [6.07, 6.45) is 0.384. The van der Waals surface area contributed by atoms with Gasteiger partial charge in [-0.15, -0.1) is 0 Å². The minimum Gasteiger partial charge on any atom is -0.444 e. The third-order valence-corrected chi connectivity index (χ3v) is 2.95. The monoisotopic (exact) mass is 306 g/mol. The summed E-state index contributed by atoms with van der Waals surface area (Å²) in [7, 11) is 1.63. The van der Waals surface area contributed by atoms with Crippen LogP contribution in [-0.4, -0.2) is 55.9 Å². The smallest absolute Gasteiger partial charge is 0.407 e. The summed E-state index contributed by atoms with van der Waals surface area (Å²) in [6.45, 7) is 7.20. The molecule has 0 aromatic heterocycles. The summed E-state index contributed by atoms with van der Waals surface area (Å²) in [6, 6.07) is 0. The molecule has 2 amide bonds. The predicted octanol–water partition coefficient (Wildman–Crippen LogP) is 1.40. The molecule has 2 N–H and O–H groups in total. The van der Waals surface area contributed by atoms with E-state index in [1.807, 2.05) is 20.8 Å². The number of carbonyl (C=O) groups is 2. The molecule has 0 rings (SSSR count). The minimum atomic E-state index is -0.487. The lowest BCUT2D eigenvalue weighted by molar-refractivity contribution is -0.118. The fourth-order valence-electron chi connectivity index (χ4n) is 1.20. The SMILES string of the molecule is COCCCNC(=O)CSCCNC(=O)OC(C)(C)C. The van der Waals surface area contributed by atoms with E-state index in [-0.39, 0.29) is 5.91 Å². The number of ether oxygens (including phenoxy) is 2. The number of carbonyl (C=O) groups excluding carboxylic acids is 2. The molecule has 0 fully saturated rings. The molecule has 118 valence electrons. The number of hydrogen-bond donors (Lipinski definition) is 2. The van der Waals surface area contributed by atoms with Gasteiger partial charge in [-0.1, -0.05) is 0 Å². The summed E-state index contributed by atoms with van der Waals surface area (Å²) >= 11 is 1.47. The molecule has 0 saturated heterocycles. The van der Waals surface area contributed by atoms with Crippen molar-refractivity contribution in [2.24, 2.45) is 0 Å². The maximum absolute atomic E-state index is 11.4. The van der Waals surface area contributed by atoms with Crippen LogP contribution in [0.4, 0.5) is 4.79 Å². The van der Waals surface area contributed by atoms with Crippen molar-refractivity contribution in [2.75, 3.05) is 38.3 Å². The van der Waals surface area contributed by atoms with Gasteiger partial charge in [-0.3, -0.25) is 4.79 Å². The zero-order valence-corrected chi connectivity index (χ0v) is 13.6. The molecular formula is C13H26N2O4S.